The Labute approximate surface area is 168 Å². The molecular formula is C18H20Cl2N2O3S. The topological polar surface area (TPSA) is 50.8 Å². The molecule has 1 aromatic rings. The van der Waals surface area contributed by atoms with Gasteiger partial charge >= 0.3 is 5.97 Å². The predicted octanol–water partition coefficient (Wildman–Crippen LogP) is 3.85. The molecule has 1 aliphatic carbocycles. The fraction of sp³-hybridized carbons (Fsp3) is 0.444. The molecule has 0 radical (unpaired) electrons. The minimum absolute atomic E-state index is 0.170. The van der Waals surface area contributed by atoms with Crippen molar-refractivity contribution in [1.29, 1.82) is 0 Å². The summed E-state index contributed by atoms with van der Waals surface area (Å²) < 4.78 is 10.3. The average molecular weight is 415 g/mol. The highest BCUT2D eigenvalue weighted by Crippen LogP contribution is 2.41. The van der Waals surface area contributed by atoms with Crippen molar-refractivity contribution in [2.24, 2.45) is 0 Å². The average Bonchev–Trinajstić information content (AvgIpc) is 3.39. The summed E-state index contributed by atoms with van der Waals surface area (Å²) in [6.45, 7) is 2.38. The Bertz CT molecular complexity index is 745. The summed E-state index contributed by atoms with van der Waals surface area (Å²) in [6, 6.07) is 5.00. The Hall–Kier alpha value is -1.34. The first kappa shape index (κ1) is 19.4. The van der Waals surface area contributed by atoms with Crippen LogP contribution in [0, 0.1) is 0 Å². The van der Waals surface area contributed by atoms with Crippen LogP contribution in [0.1, 0.15) is 31.4 Å². The summed E-state index contributed by atoms with van der Waals surface area (Å²) >= 11 is 18.3. The number of carbonyl (C=O) groups is 1. The maximum absolute atomic E-state index is 12.9. The van der Waals surface area contributed by atoms with Gasteiger partial charge in [0.2, 0.25) is 0 Å². The minimum atomic E-state index is -0.561. The molecule has 3 rings (SSSR count). The van der Waals surface area contributed by atoms with E-state index in [1.54, 1.807) is 25.3 Å². The van der Waals surface area contributed by atoms with Gasteiger partial charge in [0, 0.05) is 34.5 Å². The van der Waals surface area contributed by atoms with Gasteiger partial charge in [-0.25, -0.2) is 4.79 Å². The van der Waals surface area contributed by atoms with Gasteiger partial charge < -0.3 is 19.7 Å². The number of hydrogen-bond donors (Lipinski definition) is 1. The molecule has 1 fully saturated rings. The van der Waals surface area contributed by atoms with Crippen LogP contribution in [-0.2, 0) is 14.3 Å². The van der Waals surface area contributed by atoms with Gasteiger partial charge in [0.15, 0.2) is 5.11 Å². The molecule has 0 aromatic heterocycles. The third kappa shape index (κ3) is 3.83. The van der Waals surface area contributed by atoms with E-state index in [2.05, 4.69) is 5.32 Å². The van der Waals surface area contributed by atoms with Crippen LogP contribution in [0.5, 0.6) is 0 Å². The van der Waals surface area contributed by atoms with Crippen LogP contribution in [0.2, 0.25) is 10.0 Å². The Morgan fingerprint density at radius 2 is 1.96 bits per heavy atom. The van der Waals surface area contributed by atoms with Gasteiger partial charge in [-0.3, -0.25) is 0 Å². The Morgan fingerprint density at radius 3 is 2.54 bits per heavy atom. The number of carbonyl (C=O) groups excluding carboxylic acids is 1. The fourth-order valence-electron chi connectivity index (χ4n) is 3.09. The quantitative estimate of drug-likeness (QED) is 0.433. The summed E-state index contributed by atoms with van der Waals surface area (Å²) in [7, 11) is 1.56. The molecule has 140 valence electrons. The molecule has 1 saturated carbocycles. The predicted molar refractivity (Wildman–Crippen MR) is 105 cm³/mol. The lowest BCUT2D eigenvalue weighted by molar-refractivity contribution is -0.140. The molecule has 0 unspecified atom stereocenters. The van der Waals surface area contributed by atoms with Crippen LogP contribution in [0.15, 0.2) is 29.5 Å². The standard InChI is InChI=1S/C18H20Cl2N2O3S/c1-10-14(17(23)25-9-8-24-2)16(15-12(19)4-3-5-13(15)20)21-18(26)22(10)11-6-7-11/h3-5,11,16H,6-9H2,1-2H3,(H,21,26)/t16-/m0/s1. The first-order chi connectivity index (χ1) is 12.5. The molecule has 1 atom stereocenters. The van der Waals surface area contributed by atoms with E-state index in [-0.39, 0.29) is 6.61 Å². The van der Waals surface area contributed by atoms with E-state index < -0.39 is 12.0 Å². The minimum Gasteiger partial charge on any atom is -0.460 e. The lowest BCUT2D eigenvalue weighted by atomic mass is 9.94. The summed E-state index contributed by atoms with van der Waals surface area (Å²) in [6.07, 6.45) is 2.09. The van der Waals surface area contributed by atoms with E-state index in [4.69, 9.17) is 44.9 Å². The lowest BCUT2D eigenvalue weighted by Gasteiger charge is -2.38. The number of nitrogens with zero attached hydrogens (tertiary/aromatic N) is 1. The van der Waals surface area contributed by atoms with Crippen LogP contribution >= 0.6 is 35.4 Å². The van der Waals surface area contributed by atoms with E-state index in [0.717, 1.165) is 18.5 Å². The molecule has 1 aliphatic heterocycles. The third-order valence-corrected chi connectivity index (χ3v) is 5.44. The Morgan fingerprint density at radius 1 is 1.31 bits per heavy atom. The van der Waals surface area contributed by atoms with Gasteiger partial charge in [-0.2, -0.15) is 0 Å². The monoisotopic (exact) mass is 414 g/mol. The van der Waals surface area contributed by atoms with E-state index in [9.17, 15) is 4.79 Å². The van der Waals surface area contributed by atoms with Crippen molar-refractivity contribution in [2.75, 3.05) is 20.3 Å². The summed E-state index contributed by atoms with van der Waals surface area (Å²) in [5.74, 6) is -0.429. The summed E-state index contributed by atoms with van der Waals surface area (Å²) in [5.41, 5.74) is 1.86. The van der Waals surface area contributed by atoms with Gasteiger partial charge in [0.25, 0.3) is 0 Å². The fourth-order valence-corrected chi connectivity index (χ4v) is 4.11. The van der Waals surface area contributed by atoms with Crippen molar-refractivity contribution < 1.29 is 14.3 Å². The van der Waals surface area contributed by atoms with E-state index >= 15 is 0 Å². The van der Waals surface area contributed by atoms with E-state index in [1.807, 2.05) is 11.8 Å². The van der Waals surface area contributed by atoms with Gasteiger partial charge in [-0.15, -0.1) is 0 Å². The zero-order valence-electron chi connectivity index (χ0n) is 14.6. The molecule has 0 saturated heterocycles. The molecule has 1 heterocycles. The highest BCUT2D eigenvalue weighted by atomic mass is 35.5. The van der Waals surface area contributed by atoms with Crippen molar-refractivity contribution in [3.05, 3.63) is 45.1 Å². The second-order valence-corrected chi connectivity index (χ2v) is 7.45. The van der Waals surface area contributed by atoms with Gasteiger partial charge in [0.05, 0.1) is 18.2 Å². The first-order valence-electron chi connectivity index (χ1n) is 8.36. The van der Waals surface area contributed by atoms with Gasteiger partial charge in [-0.05, 0) is 44.1 Å². The molecule has 8 heteroatoms. The molecule has 5 nitrogen and oxygen atoms in total. The van der Waals surface area contributed by atoms with E-state index in [1.165, 1.54) is 0 Å². The number of ether oxygens (including phenoxy) is 2. The van der Waals surface area contributed by atoms with Crippen LogP contribution in [0.4, 0.5) is 0 Å². The highest BCUT2D eigenvalue weighted by Gasteiger charge is 2.41. The van der Waals surface area contributed by atoms with Crippen molar-refractivity contribution in [3.63, 3.8) is 0 Å². The van der Waals surface area contributed by atoms with Crippen LogP contribution in [0.25, 0.3) is 0 Å². The van der Waals surface area contributed by atoms with Crippen LogP contribution in [-0.4, -0.2) is 42.3 Å². The second kappa shape index (κ2) is 8.13. The van der Waals surface area contributed by atoms with Gasteiger partial charge in [0.1, 0.15) is 6.61 Å². The Kier molecular flexibility index (Phi) is 6.07. The smallest absolute Gasteiger partial charge is 0.338 e. The number of esters is 1. The summed E-state index contributed by atoms with van der Waals surface area (Å²) in [4.78, 5) is 14.8. The Balaban J connectivity index is 2.03. The molecule has 26 heavy (non-hydrogen) atoms. The number of methoxy groups -OCH3 is 1. The highest BCUT2D eigenvalue weighted by molar-refractivity contribution is 7.80. The number of halogens is 2. The zero-order chi connectivity index (χ0) is 18.8. The molecule has 1 N–H and O–H groups in total. The molecule has 1 aromatic carbocycles. The summed E-state index contributed by atoms with van der Waals surface area (Å²) in [5, 5.41) is 4.74. The molecule has 0 bridgehead atoms. The lowest BCUT2D eigenvalue weighted by Crippen LogP contribution is -2.48. The van der Waals surface area contributed by atoms with Crippen molar-refractivity contribution in [3.8, 4) is 0 Å². The molecule has 0 amide bonds. The number of allylic oxidation sites excluding steroid dienone is 1. The van der Waals surface area contributed by atoms with Crippen LogP contribution in [0.3, 0.4) is 0 Å². The molecular weight excluding hydrogens is 395 g/mol. The molecule has 0 spiro atoms. The second-order valence-electron chi connectivity index (χ2n) is 6.25. The number of hydrogen-bond acceptors (Lipinski definition) is 4. The van der Waals surface area contributed by atoms with Crippen molar-refractivity contribution in [2.45, 2.75) is 31.8 Å². The SMILES string of the molecule is COCCOC(=O)C1=C(C)N(C2CC2)C(=S)N[C@@H]1c1c(Cl)cccc1Cl. The van der Waals surface area contributed by atoms with E-state index in [0.29, 0.717) is 38.9 Å². The van der Waals surface area contributed by atoms with Crippen LogP contribution < -0.4 is 5.32 Å². The van der Waals surface area contributed by atoms with Gasteiger partial charge in [-0.1, -0.05) is 29.3 Å². The first-order valence-corrected chi connectivity index (χ1v) is 9.52. The number of benzene rings is 1. The molecule has 2 aliphatic rings. The zero-order valence-corrected chi connectivity index (χ0v) is 16.9. The maximum Gasteiger partial charge on any atom is 0.338 e. The number of rotatable bonds is 6. The largest absolute Gasteiger partial charge is 0.460 e. The normalized spacial score (nSPS) is 20.2. The number of nitrogens with one attached hydrogen (secondary N) is 1. The maximum atomic E-state index is 12.9. The van der Waals surface area contributed by atoms with Crippen molar-refractivity contribution in [1.82, 2.24) is 10.2 Å². The number of thiocarbonyl (C=S) groups is 1. The van der Waals surface area contributed by atoms with Crippen molar-refractivity contribution >= 4 is 46.5 Å². The third-order valence-electron chi connectivity index (χ3n) is 4.47.